The van der Waals surface area contributed by atoms with E-state index in [-0.39, 0.29) is 6.61 Å². The van der Waals surface area contributed by atoms with Crippen LogP contribution in [0.3, 0.4) is 0 Å². The standard InChI is InChI=1S/C10H17N3O/c1-9(2)13(3-4-14)7-10-5-11-8-12-6-10/h5-6,8-9,14H,3-4,7H2,1-2H3. The SMILES string of the molecule is CC(C)N(CCO)Cc1cncnc1. The smallest absolute Gasteiger partial charge is 0.115 e. The van der Waals surface area contributed by atoms with Crippen molar-refractivity contribution >= 4 is 0 Å². The van der Waals surface area contributed by atoms with Gasteiger partial charge in [-0.25, -0.2) is 9.97 Å². The Kier molecular flexibility index (Phi) is 4.49. The third kappa shape index (κ3) is 3.40. The first kappa shape index (κ1) is 11.1. The maximum atomic E-state index is 8.89. The summed E-state index contributed by atoms with van der Waals surface area (Å²) in [5.74, 6) is 0. The molecule has 4 heteroatoms. The molecule has 4 nitrogen and oxygen atoms in total. The van der Waals surface area contributed by atoms with E-state index in [1.807, 2.05) is 0 Å². The van der Waals surface area contributed by atoms with E-state index < -0.39 is 0 Å². The number of aliphatic hydroxyl groups is 1. The Morgan fingerprint density at radius 1 is 1.36 bits per heavy atom. The quantitative estimate of drug-likeness (QED) is 0.750. The van der Waals surface area contributed by atoms with Gasteiger partial charge in [0.1, 0.15) is 6.33 Å². The van der Waals surface area contributed by atoms with Gasteiger partial charge < -0.3 is 5.11 Å². The van der Waals surface area contributed by atoms with E-state index in [2.05, 4.69) is 28.7 Å². The van der Waals surface area contributed by atoms with Crippen molar-refractivity contribution in [3.05, 3.63) is 24.3 Å². The lowest BCUT2D eigenvalue weighted by molar-refractivity contribution is 0.159. The zero-order valence-electron chi connectivity index (χ0n) is 8.72. The van der Waals surface area contributed by atoms with Crippen molar-refractivity contribution in [3.63, 3.8) is 0 Å². The minimum atomic E-state index is 0.186. The van der Waals surface area contributed by atoms with Crippen LogP contribution < -0.4 is 0 Å². The zero-order chi connectivity index (χ0) is 10.4. The molecule has 14 heavy (non-hydrogen) atoms. The fourth-order valence-corrected chi connectivity index (χ4v) is 1.29. The normalized spacial score (nSPS) is 11.2. The third-order valence-corrected chi connectivity index (χ3v) is 2.12. The van der Waals surface area contributed by atoms with Crippen LogP contribution in [0.15, 0.2) is 18.7 Å². The molecule has 0 aliphatic rings. The molecule has 0 saturated heterocycles. The molecule has 0 radical (unpaired) electrons. The van der Waals surface area contributed by atoms with Gasteiger partial charge in [-0.05, 0) is 13.8 Å². The van der Waals surface area contributed by atoms with Crippen LogP contribution in [0.1, 0.15) is 19.4 Å². The highest BCUT2D eigenvalue weighted by Gasteiger charge is 2.09. The average Bonchev–Trinajstić information content (AvgIpc) is 2.18. The van der Waals surface area contributed by atoms with E-state index >= 15 is 0 Å². The van der Waals surface area contributed by atoms with E-state index in [1.165, 1.54) is 6.33 Å². The predicted molar refractivity (Wildman–Crippen MR) is 54.7 cm³/mol. The Labute approximate surface area is 84.6 Å². The largest absolute Gasteiger partial charge is 0.395 e. The van der Waals surface area contributed by atoms with Gasteiger partial charge >= 0.3 is 0 Å². The zero-order valence-corrected chi connectivity index (χ0v) is 8.72. The molecule has 1 rings (SSSR count). The van der Waals surface area contributed by atoms with E-state index in [1.54, 1.807) is 12.4 Å². The van der Waals surface area contributed by atoms with Gasteiger partial charge in [0.2, 0.25) is 0 Å². The van der Waals surface area contributed by atoms with Gasteiger partial charge in [-0.2, -0.15) is 0 Å². The summed E-state index contributed by atoms with van der Waals surface area (Å²) in [6, 6.07) is 0.419. The Morgan fingerprint density at radius 3 is 2.50 bits per heavy atom. The highest BCUT2D eigenvalue weighted by Crippen LogP contribution is 2.05. The second-order valence-corrected chi connectivity index (χ2v) is 3.53. The summed E-state index contributed by atoms with van der Waals surface area (Å²) < 4.78 is 0. The van der Waals surface area contributed by atoms with Gasteiger partial charge in [-0.1, -0.05) is 0 Å². The predicted octanol–water partition coefficient (Wildman–Crippen LogP) is 0.679. The summed E-state index contributed by atoms with van der Waals surface area (Å²) in [5.41, 5.74) is 1.08. The van der Waals surface area contributed by atoms with E-state index in [9.17, 15) is 0 Å². The van der Waals surface area contributed by atoms with Crippen molar-refractivity contribution in [1.29, 1.82) is 0 Å². The summed E-state index contributed by atoms with van der Waals surface area (Å²) in [5, 5.41) is 8.89. The van der Waals surface area contributed by atoms with Crippen molar-refractivity contribution in [2.45, 2.75) is 26.4 Å². The summed E-state index contributed by atoms with van der Waals surface area (Å²) >= 11 is 0. The molecule has 0 fully saturated rings. The van der Waals surface area contributed by atoms with Crippen LogP contribution in [0.5, 0.6) is 0 Å². The van der Waals surface area contributed by atoms with Gasteiger partial charge in [0.25, 0.3) is 0 Å². The number of rotatable bonds is 5. The molecular weight excluding hydrogens is 178 g/mol. The highest BCUT2D eigenvalue weighted by molar-refractivity contribution is 5.02. The number of nitrogens with zero attached hydrogens (tertiary/aromatic N) is 3. The number of aromatic nitrogens is 2. The maximum Gasteiger partial charge on any atom is 0.115 e. The molecule has 1 heterocycles. The van der Waals surface area contributed by atoms with E-state index in [0.717, 1.165) is 12.1 Å². The van der Waals surface area contributed by atoms with Gasteiger partial charge in [0, 0.05) is 37.1 Å². The molecule has 0 amide bonds. The minimum Gasteiger partial charge on any atom is -0.395 e. The van der Waals surface area contributed by atoms with Crippen molar-refractivity contribution in [2.75, 3.05) is 13.2 Å². The van der Waals surface area contributed by atoms with Crippen LogP contribution >= 0.6 is 0 Å². The summed E-state index contributed by atoms with van der Waals surface area (Å²) in [7, 11) is 0. The molecule has 78 valence electrons. The number of aliphatic hydroxyl groups excluding tert-OH is 1. The van der Waals surface area contributed by atoms with Crippen LogP contribution in [0.2, 0.25) is 0 Å². The van der Waals surface area contributed by atoms with Gasteiger partial charge in [0.15, 0.2) is 0 Å². The van der Waals surface area contributed by atoms with Crippen LogP contribution in [-0.4, -0.2) is 39.2 Å². The van der Waals surface area contributed by atoms with Crippen molar-refractivity contribution < 1.29 is 5.11 Å². The first-order valence-corrected chi connectivity index (χ1v) is 4.83. The van der Waals surface area contributed by atoms with Crippen LogP contribution in [-0.2, 0) is 6.54 Å². The molecule has 0 bridgehead atoms. The summed E-state index contributed by atoms with van der Waals surface area (Å²) in [6.07, 6.45) is 5.13. The van der Waals surface area contributed by atoms with Crippen molar-refractivity contribution in [3.8, 4) is 0 Å². The molecule has 1 aromatic rings. The maximum absolute atomic E-state index is 8.89. The number of hydrogen-bond donors (Lipinski definition) is 1. The second kappa shape index (κ2) is 5.67. The Balaban J connectivity index is 2.55. The van der Waals surface area contributed by atoms with E-state index in [4.69, 9.17) is 5.11 Å². The van der Waals surface area contributed by atoms with Gasteiger partial charge in [-0.3, -0.25) is 4.90 Å². The highest BCUT2D eigenvalue weighted by atomic mass is 16.3. The molecule has 0 aromatic carbocycles. The molecule has 0 spiro atoms. The first-order valence-electron chi connectivity index (χ1n) is 4.83. The Hall–Kier alpha value is -1.00. The lowest BCUT2D eigenvalue weighted by Crippen LogP contribution is -2.32. The third-order valence-electron chi connectivity index (χ3n) is 2.12. The molecule has 0 atom stereocenters. The van der Waals surface area contributed by atoms with Gasteiger partial charge in [-0.15, -0.1) is 0 Å². The lowest BCUT2D eigenvalue weighted by atomic mass is 10.2. The lowest BCUT2D eigenvalue weighted by Gasteiger charge is -2.25. The molecule has 1 aromatic heterocycles. The van der Waals surface area contributed by atoms with Crippen molar-refractivity contribution in [1.82, 2.24) is 14.9 Å². The molecule has 0 aliphatic heterocycles. The Bertz CT molecular complexity index is 251. The topological polar surface area (TPSA) is 49.2 Å². The molecule has 0 unspecified atom stereocenters. The fourth-order valence-electron chi connectivity index (χ4n) is 1.29. The monoisotopic (exact) mass is 195 g/mol. The minimum absolute atomic E-state index is 0.186. The van der Waals surface area contributed by atoms with Crippen LogP contribution in [0.25, 0.3) is 0 Å². The van der Waals surface area contributed by atoms with Crippen molar-refractivity contribution in [2.24, 2.45) is 0 Å². The molecule has 0 saturated carbocycles. The summed E-state index contributed by atoms with van der Waals surface area (Å²) in [4.78, 5) is 10.1. The van der Waals surface area contributed by atoms with Crippen LogP contribution in [0.4, 0.5) is 0 Å². The summed E-state index contributed by atoms with van der Waals surface area (Å²) in [6.45, 7) is 5.89. The first-order chi connectivity index (χ1) is 6.74. The average molecular weight is 195 g/mol. The fraction of sp³-hybridized carbons (Fsp3) is 0.600. The van der Waals surface area contributed by atoms with Crippen LogP contribution in [0, 0.1) is 0 Å². The molecule has 0 aliphatic carbocycles. The number of hydrogen-bond acceptors (Lipinski definition) is 4. The second-order valence-electron chi connectivity index (χ2n) is 3.53. The van der Waals surface area contributed by atoms with Gasteiger partial charge in [0.05, 0.1) is 6.61 Å². The molecular formula is C10H17N3O. The Morgan fingerprint density at radius 2 is 2.00 bits per heavy atom. The molecule has 1 N–H and O–H groups in total. The van der Waals surface area contributed by atoms with E-state index in [0.29, 0.717) is 12.6 Å².